The van der Waals surface area contributed by atoms with Crippen molar-refractivity contribution >= 4 is 5.91 Å². The van der Waals surface area contributed by atoms with Crippen LogP contribution in [0.15, 0.2) is 42.5 Å². The van der Waals surface area contributed by atoms with Crippen molar-refractivity contribution in [1.82, 2.24) is 5.32 Å². The molecule has 0 aromatic heterocycles. The van der Waals surface area contributed by atoms with E-state index in [1.807, 2.05) is 51.1 Å². The average Bonchev–Trinajstić information content (AvgIpc) is 2.16. The van der Waals surface area contributed by atoms with Crippen LogP contribution in [-0.4, -0.2) is 11.4 Å². The molecule has 0 aliphatic carbocycles. The Morgan fingerprint density at radius 3 is 2.31 bits per heavy atom. The van der Waals surface area contributed by atoms with E-state index in [1.165, 1.54) is 0 Å². The molecule has 1 amide bonds. The van der Waals surface area contributed by atoms with E-state index >= 15 is 0 Å². The van der Waals surface area contributed by atoms with Gasteiger partial charge in [-0.3, -0.25) is 4.79 Å². The predicted molar refractivity (Wildman–Crippen MR) is 67.2 cm³/mol. The Bertz CT molecular complexity index is 373. The second kappa shape index (κ2) is 4.97. The molecule has 16 heavy (non-hydrogen) atoms. The number of carbonyl (C=O) groups excluding carboxylic acids is 1. The second-order valence-corrected chi connectivity index (χ2v) is 4.97. The van der Waals surface area contributed by atoms with E-state index in [4.69, 9.17) is 0 Å². The highest BCUT2D eigenvalue weighted by molar-refractivity contribution is 5.93. The molecule has 0 saturated heterocycles. The van der Waals surface area contributed by atoms with Crippen molar-refractivity contribution in [3.8, 4) is 0 Å². The third kappa shape index (κ3) is 4.30. The number of hydrogen-bond acceptors (Lipinski definition) is 1. The zero-order valence-corrected chi connectivity index (χ0v) is 10.2. The Morgan fingerprint density at radius 2 is 1.81 bits per heavy atom. The van der Waals surface area contributed by atoms with Crippen molar-refractivity contribution in [2.24, 2.45) is 0 Å². The SMILES string of the molecule is C=C(Cc1ccccc1)C(=O)NC(C)(C)C. The van der Waals surface area contributed by atoms with Gasteiger partial charge in [0.25, 0.3) is 0 Å². The third-order valence-electron chi connectivity index (χ3n) is 2.07. The molecule has 0 bridgehead atoms. The van der Waals surface area contributed by atoms with Crippen LogP contribution < -0.4 is 5.32 Å². The van der Waals surface area contributed by atoms with Crippen molar-refractivity contribution in [1.29, 1.82) is 0 Å². The lowest BCUT2D eigenvalue weighted by Crippen LogP contribution is -2.41. The van der Waals surface area contributed by atoms with E-state index in [-0.39, 0.29) is 11.4 Å². The zero-order chi connectivity index (χ0) is 12.2. The predicted octanol–water partition coefficient (Wildman–Crippen LogP) is 2.70. The molecule has 0 aliphatic rings. The molecule has 0 saturated carbocycles. The molecule has 0 heterocycles. The van der Waals surface area contributed by atoms with Crippen LogP contribution in [0.1, 0.15) is 26.3 Å². The Balaban J connectivity index is 2.57. The summed E-state index contributed by atoms with van der Waals surface area (Å²) in [6.45, 7) is 9.70. The molecule has 1 N–H and O–H groups in total. The smallest absolute Gasteiger partial charge is 0.247 e. The van der Waals surface area contributed by atoms with E-state index < -0.39 is 0 Å². The number of rotatable bonds is 3. The standard InChI is InChI=1S/C14H19NO/c1-11(13(16)15-14(2,3)4)10-12-8-6-5-7-9-12/h5-9H,1,10H2,2-4H3,(H,15,16). The van der Waals surface area contributed by atoms with Gasteiger partial charge < -0.3 is 5.32 Å². The van der Waals surface area contributed by atoms with Gasteiger partial charge in [-0.15, -0.1) is 0 Å². The van der Waals surface area contributed by atoms with Crippen molar-refractivity contribution in [2.45, 2.75) is 32.7 Å². The van der Waals surface area contributed by atoms with Gasteiger partial charge in [-0.05, 0) is 26.3 Å². The fraction of sp³-hybridized carbons (Fsp3) is 0.357. The summed E-state index contributed by atoms with van der Waals surface area (Å²) in [5.74, 6) is -0.0728. The van der Waals surface area contributed by atoms with Crippen LogP contribution in [0.2, 0.25) is 0 Å². The minimum absolute atomic E-state index is 0.0728. The number of hydrogen-bond donors (Lipinski definition) is 1. The van der Waals surface area contributed by atoms with Crippen LogP contribution in [0.25, 0.3) is 0 Å². The normalized spacial score (nSPS) is 10.9. The highest BCUT2D eigenvalue weighted by Gasteiger charge is 2.15. The minimum Gasteiger partial charge on any atom is -0.348 e. The largest absolute Gasteiger partial charge is 0.348 e. The summed E-state index contributed by atoms with van der Waals surface area (Å²) in [4.78, 5) is 11.8. The molecule has 0 atom stereocenters. The number of benzene rings is 1. The quantitative estimate of drug-likeness (QED) is 0.775. The van der Waals surface area contributed by atoms with Gasteiger partial charge in [-0.25, -0.2) is 0 Å². The molecule has 86 valence electrons. The highest BCUT2D eigenvalue weighted by Crippen LogP contribution is 2.08. The Morgan fingerprint density at radius 1 is 1.25 bits per heavy atom. The third-order valence-corrected chi connectivity index (χ3v) is 2.07. The summed E-state index contributed by atoms with van der Waals surface area (Å²) >= 11 is 0. The summed E-state index contributed by atoms with van der Waals surface area (Å²) in [6.07, 6.45) is 0.600. The van der Waals surface area contributed by atoms with Gasteiger partial charge in [0.05, 0.1) is 0 Å². The summed E-state index contributed by atoms with van der Waals surface area (Å²) in [6, 6.07) is 9.88. The van der Waals surface area contributed by atoms with Crippen molar-refractivity contribution in [3.05, 3.63) is 48.0 Å². The second-order valence-electron chi connectivity index (χ2n) is 4.97. The van der Waals surface area contributed by atoms with Crippen molar-refractivity contribution in [3.63, 3.8) is 0 Å². The fourth-order valence-corrected chi connectivity index (χ4v) is 1.35. The molecular formula is C14H19NO. The average molecular weight is 217 g/mol. The van der Waals surface area contributed by atoms with Gasteiger partial charge in [0.2, 0.25) is 5.91 Å². The molecule has 1 aromatic carbocycles. The van der Waals surface area contributed by atoms with Crippen LogP contribution in [0.4, 0.5) is 0 Å². The molecule has 0 aliphatic heterocycles. The first-order chi connectivity index (χ1) is 7.38. The monoisotopic (exact) mass is 217 g/mol. The maximum Gasteiger partial charge on any atom is 0.247 e. The molecule has 0 spiro atoms. The van der Waals surface area contributed by atoms with E-state index in [0.717, 1.165) is 5.56 Å². The molecule has 0 radical (unpaired) electrons. The summed E-state index contributed by atoms with van der Waals surface area (Å²) in [5, 5.41) is 2.90. The first kappa shape index (κ1) is 12.5. The number of nitrogens with one attached hydrogen (secondary N) is 1. The lowest BCUT2D eigenvalue weighted by molar-refractivity contribution is -0.118. The van der Waals surface area contributed by atoms with Crippen LogP contribution in [0.5, 0.6) is 0 Å². The maximum atomic E-state index is 11.8. The molecule has 1 rings (SSSR count). The first-order valence-electron chi connectivity index (χ1n) is 5.43. The van der Waals surface area contributed by atoms with E-state index in [1.54, 1.807) is 0 Å². The van der Waals surface area contributed by atoms with Gasteiger partial charge in [0.15, 0.2) is 0 Å². The van der Waals surface area contributed by atoms with Gasteiger partial charge >= 0.3 is 0 Å². The van der Waals surface area contributed by atoms with Gasteiger partial charge in [-0.1, -0.05) is 36.9 Å². The van der Waals surface area contributed by atoms with E-state index in [2.05, 4.69) is 11.9 Å². The molecular weight excluding hydrogens is 198 g/mol. The Hall–Kier alpha value is -1.57. The van der Waals surface area contributed by atoms with E-state index in [0.29, 0.717) is 12.0 Å². The van der Waals surface area contributed by atoms with Crippen LogP contribution in [-0.2, 0) is 11.2 Å². The number of carbonyl (C=O) groups is 1. The molecule has 0 unspecified atom stereocenters. The molecule has 2 heteroatoms. The van der Waals surface area contributed by atoms with Crippen molar-refractivity contribution in [2.75, 3.05) is 0 Å². The highest BCUT2D eigenvalue weighted by atomic mass is 16.1. The maximum absolute atomic E-state index is 11.8. The van der Waals surface area contributed by atoms with Crippen LogP contribution in [0.3, 0.4) is 0 Å². The molecule has 1 aromatic rings. The summed E-state index contributed by atoms with van der Waals surface area (Å²) < 4.78 is 0. The fourth-order valence-electron chi connectivity index (χ4n) is 1.35. The van der Waals surface area contributed by atoms with E-state index in [9.17, 15) is 4.79 Å². The van der Waals surface area contributed by atoms with Crippen LogP contribution >= 0.6 is 0 Å². The lowest BCUT2D eigenvalue weighted by atomic mass is 10.0. The number of amides is 1. The first-order valence-corrected chi connectivity index (χ1v) is 5.43. The Labute approximate surface area is 97.4 Å². The topological polar surface area (TPSA) is 29.1 Å². The zero-order valence-electron chi connectivity index (χ0n) is 10.2. The van der Waals surface area contributed by atoms with Gasteiger partial charge in [-0.2, -0.15) is 0 Å². The lowest BCUT2D eigenvalue weighted by Gasteiger charge is -2.21. The molecule has 2 nitrogen and oxygen atoms in total. The molecule has 0 fully saturated rings. The van der Waals surface area contributed by atoms with Crippen molar-refractivity contribution < 1.29 is 4.79 Å². The van der Waals surface area contributed by atoms with Crippen LogP contribution in [0, 0.1) is 0 Å². The summed E-state index contributed by atoms with van der Waals surface area (Å²) in [5.41, 5.74) is 1.49. The van der Waals surface area contributed by atoms with Gasteiger partial charge in [0.1, 0.15) is 0 Å². The Kier molecular flexibility index (Phi) is 3.88. The summed E-state index contributed by atoms with van der Waals surface area (Å²) in [7, 11) is 0. The minimum atomic E-state index is -0.212. The van der Waals surface area contributed by atoms with Gasteiger partial charge in [0, 0.05) is 17.5 Å².